The molecule has 0 saturated heterocycles. The van der Waals surface area contributed by atoms with Crippen molar-refractivity contribution in [2.24, 2.45) is 0 Å². The summed E-state index contributed by atoms with van der Waals surface area (Å²) in [4.78, 5) is 6.80. The summed E-state index contributed by atoms with van der Waals surface area (Å²) in [6.45, 7) is 1.07. The van der Waals surface area contributed by atoms with Crippen molar-refractivity contribution in [2.75, 3.05) is 23.8 Å². The third kappa shape index (κ3) is 0.897. The predicted octanol–water partition coefficient (Wildman–Crippen LogP) is 1.87. The Balaban J connectivity index is 2.03. The first-order valence-electron chi connectivity index (χ1n) is 5.25. The number of anilines is 2. The van der Waals surface area contributed by atoms with E-state index in [9.17, 15) is 0 Å². The molecule has 0 radical (unpaired) electrons. The normalized spacial score (nSPS) is 22.5. The first-order valence-corrected chi connectivity index (χ1v) is 5.25. The van der Waals surface area contributed by atoms with E-state index in [1.54, 1.807) is 0 Å². The maximum Gasteiger partial charge on any atom is 0.152 e. The van der Waals surface area contributed by atoms with Crippen LogP contribution < -0.4 is 10.2 Å². The predicted molar refractivity (Wildman–Crippen MR) is 57.7 cm³/mol. The minimum atomic E-state index is 0.362. The Labute approximate surface area is 84.1 Å². The molecule has 14 heavy (non-hydrogen) atoms. The van der Waals surface area contributed by atoms with Crippen LogP contribution >= 0.6 is 0 Å². The zero-order valence-electron chi connectivity index (χ0n) is 8.45. The van der Waals surface area contributed by atoms with Crippen molar-refractivity contribution >= 4 is 11.5 Å². The van der Waals surface area contributed by atoms with Crippen LogP contribution in [0.15, 0.2) is 18.3 Å². The molecule has 1 aromatic heterocycles. The van der Waals surface area contributed by atoms with Crippen molar-refractivity contribution in [3.05, 3.63) is 18.3 Å². The maximum atomic E-state index is 4.44. The lowest BCUT2D eigenvalue weighted by Gasteiger charge is -2.52. The molecular formula is C11H15N3. The summed E-state index contributed by atoms with van der Waals surface area (Å²) in [5.41, 5.74) is 1.54. The second kappa shape index (κ2) is 2.62. The van der Waals surface area contributed by atoms with Crippen LogP contribution in [0.25, 0.3) is 0 Å². The van der Waals surface area contributed by atoms with E-state index in [4.69, 9.17) is 0 Å². The van der Waals surface area contributed by atoms with E-state index in [1.165, 1.54) is 24.9 Å². The minimum Gasteiger partial charge on any atom is -0.380 e. The Kier molecular flexibility index (Phi) is 1.52. The summed E-state index contributed by atoms with van der Waals surface area (Å²) >= 11 is 0. The fraction of sp³-hybridized carbons (Fsp3) is 0.545. The van der Waals surface area contributed by atoms with E-state index in [-0.39, 0.29) is 0 Å². The maximum absolute atomic E-state index is 4.44. The number of fused-ring (bicyclic) bond motifs is 1. The van der Waals surface area contributed by atoms with Crippen LogP contribution in [0, 0.1) is 0 Å². The summed E-state index contributed by atoms with van der Waals surface area (Å²) in [6.07, 6.45) is 5.82. The second-order valence-corrected chi connectivity index (χ2v) is 4.37. The van der Waals surface area contributed by atoms with Gasteiger partial charge in [-0.1, -0.05) is 0 Å². The summed E-state index contributed by atoms with van der Waals surface area (Å²) in [6, 6.07) is 4.09. The highest BCUT2D eigenvalue weighted by Gasteiger charge is 2.44. The molecule has 1 aliphatic carbocycles. The van der Waals surface area contributed by atoms with Crippen LogP contribution in [0.4, 0.5) is 11.5 Å². The highest BCUT2D eigenvalue weighted by atomic mass is 15.3. The van der Waals surface area contributed by atoms with Crippen LogP contribution in [0.2, 0.25) is 0 Å². The largest absolute Gasteiger partial charge is 0.380 e. The van der Waals surface area contributed by atoms with Gasteiger partial charge in [0.2, 0.25) is 0 Å². The number of rotatable bonds is 0. The number of aromatic nitrogens is 1. The third-order valence-corrected chi connectivity index (χ3v) is 3.71. The lowest BCUT2D eigenvalue weighted by atomic mass is 9.74. The molecule has 0 amide bonds. The van der Waals surface area contributed by atoms with Gasteiger partial charge in [-0.3, -0.25) is 0 Å². The van der Waals surface area contributed by atoms with Gasteiger partial charge in [-0.05, 0) is 31.4 Å². The first-order chi connectivity index (χ1) is 6.82. The first kappa shape index (κ1) is 8.09. The van der Waals surface area contributed by atoms with Gasteiger partial charge in [-0.2, -0.15) is 0 Å². The van der Waals surface area contributed by atoms with Gasteiger partial charge in [0.05, 0.1) is 11.2 Å². The van der Waals surface area contributed by atoms with Crippen LogP contribution in [-0.2, 0) is 0 Å². The van der Waals surface area contributed by atoms with E-state index >= 15 is 0 Å². The number of hydrogen-bond donors (Lipinski definition) is 1. The molecule has 74 valence electrons. The van der Waals surface area contributed by atoms with Gasteiger partial charge in [0.15, 0.2) is 5.82 Å². The Morgan fingerprint density at radius 2 is 2.36 bits per heavy atom. The molecule has 2 aliphatic rings. The van der Waals surface area contributed by atoms with Crippen molar-refractivity contribution in [1.29, 1.82) is 0 Å². The van der Waals surface area contributed by atoms with E-state index in [0.29, 0.717) is 5.54 Å². The molecule has 1 aromatic rings. The van der Waals surface area contributed by atoms with Crippen molar-refractivity contribution in [1.82, 2.24) is 4.98 Å². The highest BCUT2D eigenvalue weighted by molar-refractivity contribution is 5.69. The fourth-order valence-corrected chi connectivity index (χ4v) is 2.50. The van der Waals surface area contributed by atoms with Crippen LogP contribution in [0.1, 0.15) is 19.3 Å². The molecule has 1 saturated carbocycles. The standard InChI is InChI=1S/C11H15N3/c1-14-10-9(4-2-7-12-10)13-8-11(14)5-3-6-11/h2,4,7,13H,3,5-6,8H2,1H3. The second-order valence-electron chi connectivity index (χ2n) is 4.37. The van der Waals surface area contributed by atoms with Gasteiger partial charge in [0, 0.05) is 19.8 Å². The molecule has 0 atom stereocenters. The summed E-state index contributed by atoms with van der Waals surface area (Å²) in [5.74, 6) is 1.11. The molecule has 0 unspecified atom stereocenters. The van der Waals surface area contributed by atoms with Gasteiger partial charge in [0.25, 0.3) is 0 Å². The summed E-state index contributed by atoms with van der Waals surface area (Å²) in [7, 11) is 2.17. The van der Waals surface area contributed by atoms with Gasteiger partial charge < -0.3 is 10.2 Å². The zero-order chi connectivity index (χ0) is 9.60. The van der Waals surface area contributed by atoms with E-state index in [0.717, 1.165) is 12.4 Å². The van der Waals surface area contributed by atoms with Gasteiger partial charge >= 0.3 is 0 Å². The Hall–Kier alpha value is -1.25. The average molecular weight is 189 g/mol. The molecular weight excluding hydrogens is 174 g/mol. The van der Waals surface area contributed by atoms with Gasteiger partial charge in [-0.25, -0.2) is 4.98 Å². The number of likely N-dealkylation sites (N-methyl/N-ethyl adjacent to an activating group) is 1. The van der Waals surface area contributed by atoms with Crippen LogP contribution in [-0.4, -0.2) is 24.1 Å². The Morgan fingerprint density at radius 1 is 1.50 bits per heavy atom. The van der Waals surface area contributed by atoms with Crippen LogP contribution in [0.3, 0.4) is 0 Å². The molecule has 0 bridgehead atoms. The summed E-state index contributed by atoms with van der Waals surface area (Å²) < 4.78 is 0. The average Bonchev–Trinajstić information content (AvgIpc) is 2.16. The molecule has 1 spiro atoms. The Morgan fingerprint density at radius 3 is 3.07 bits per heavy atom. The topological polar surface area (TPSA) is 28.2 Å². The summed E-state index contributed by atoms with van der Waals surface area (Å²) in [5, 5.41) is 3.48. The molecule has 3 rings (SSSR count). The molecule has 2 heterocycles. The SMILES string of the molecule is CN1c2ncccc2NCC12CCC2. The third-order valence-electron chi connectivity index (χ3n) is 3.71. The highest BCUT2D eigenvalue weighted by Crippen LogP contribution is 2.43. The van der Waals surface area contributed by atoms with E-state index in [2.05, 4.69) is 28.3 Å². The number of pyridine rings is 1. The van der Waals surface area contributed by atoms with Gasteiger partial charge in [-0.15, -0.1) is 0 Å². The molecule has 1 N–H and O–H groups in total. The quantitative estimate of drug-likeness (QED) is 0.675. The lowest BCUT2D eigenvalue weighted by molar-refractivity contribution is 0.247. The molecule has 3 heteroatoms. The molecule has 0 aromatic carbocycles. The van der Waals surface area contributed by atoms with Crippen molar-refractivity contribution < 1.29 is 0 Å². The zero-order valence-corrected chi connectivity index (χ0v) is 8.45. The monoisotopic (exact) mass is 189 g/mol. The van der Waals surface area contributed by atoms with Crippen molar-refractivity contribution in [3.8, 4) is 0 Å². The number of hydrogen-bond acceptors (Lipinski definition) is 3. The van der Waals surface area contributed by atoms with Gasteiger partial charge in [0.1, 0.15) is 0 Å². The lowest BCUT2D eigenvalue weighted by Crippen LogP contribution is -2.59. The van der Waals surface area contributed by atoms with Crippen molar-refractivity contribution in [3.63, 3.8) is 0 Å². The number of nitrogens with zero attached hydrogens (tertiary/aromatic N) is 2. The fourth-order valence-electron chi connectivity index (χ4n) is 2.50. The van der Waals surface area contributed by atoms with E-state index < -0.39 is 0 Å². The molecule has 1 aliphatic heterocycles. The van der Waals surface area contributed by atoms with Crippen molar-refractivity contribution in [2.45, 2.75) is 24.8 Å². The smallest absolute Gasteiger partial charge is 0.152 e. The Bertz CT molecular complexity index is 357. The molecule has 1 fully saturated rings. The van der Waals surface area contributed by atoms with E-state index in [1.807, 2.05) is 12.3 Å². The minimum absolute atomic E-state index is 0.362. The molecule has 3 nitrogen and oxygen atoms in total. The van der Waals surface area contributed by atoms with Crippen LogP contribution in [0.5, 0.6) is 0 Å². The number of nitrogens with one attached hydrogen (secondary N) is 1.